The number of benzene rings is 1. The van der Waals surface area contributed by atoms with E-state index in [1.54, 1.807) is 6.92 Å². The monoisotopic (exact) mass is 297 g/mol. The van der Waals surface area contributed by atoms with Gasteiger partial charge in [-0.15, -0.1) is 0 Å². The molecular formula is C14H19NO6. The molecule has 1 amide bonds. The molecule has 116 valence electrons. The number of nitrogens with one attached hydrogen (secondary N) is 1. The predicted molar refractivity (Wildman–Crippen MR) is 74.8 cm³/mol. The Balaban J connectivity index is 2.70. The van der Waals surface area contributed by atoms with Crippen LogP contribution in [0.5, 0.6) is 17.2 Å². The summed E-state index contributed by atoms with van der Waals surface area (Å²) in [6, 6.07) is 2.71. The quantitative estimate of drug-likeness (QED) is 0.732. The van der Waals surface area contributed by atoms with Gasteiger partial charge in [-0.25, -0.2) is 0 Å². The van der Waals surface area contributed by atoms with Gasteiger partial charge in [0, 0.05) is 12.1 Å². The van der Waals surface area contributed by atoms with Crippen molar-refractivity contribution in [1.29, 1.82) is 0 Å². The molecule has 0 saturated carbocycles. The summed E-state index contributed by atoms with van der Waals surface area (Å²) in [5.41, 5.74) is 0.203. The zero-order chi connectivity index (χ0) is 15.8. The number of amides is 1. The van der Waals surface area contributed by atoms with E-state index in [1.165, 1.54) is 26.4 Å². The van der Waals surface area contributed by atoms with Gasteiger partial charge in [-0.3, -0.25) is 9.59 Å². The van der Waals surface area contributed by atoms with Gasteiger partial charge in [0.05, 0.1) is 27.2 Å². The van der Waals surface area contributed by atoms with Crippen LogP contribution < -0.4 is 14.8 Å². The minimum Gasteiger partial charge on any atom is -0.504 e. The fraction of sp³-hybridized carbons (Fsp3) is 0.429. The highest BCUT2D eigenvalue weighted by Crippen LogP contribution is 2.37. The number of hydrogen-bond donors (Lipinski definition) is 2. The molecule has 0 aromatic heterocycles. The maximum Gasteiger partial charge on any atom is 0.307 e. The van der Waals surface area contributed by atoms with Crippen LogP contribution in [0.3, 0.4) is 0 Å². The second kappa shape index (κ2) is 7.98. The van der Waals surface area contributed by atoms with Crippen molar-refractivity contribution in [1.82, 2.24) is 5.32 Å². The van der Waals surface area contributed by atoms with Gasteiger partial charge >= 0.3 is 5.97 Å². The van der Waals surface area contributed by atoms with Gasteiger partial charge in [-0.2, -0.15) is 0 Å². The summed E-state index contributed by atoms with van der Waals surface area (Å²) in [7, 11) is 2.79. The summed E-state index contributed by atoms with van der Waals surface area (Å²) in [6.45, 7) is 2.16. The zero-order valence-electron chi connectivity index (χ0n) is 12.3. The molecule has 0 fully saturated rings. The molecule has 0 aliphatic rings. The number of phenolic OH excluding ortho intramolecular Hbond substituents is 1. The molecule has 21 heavy (non-hydrogen) atoms. The molecule has 1 rings (SSSR count). The van der Waals surface area contributed by atoms with Crippen LogP contribution >= 0.6 is 0 Å². The smallest absolute Gasteiger partial charge is 0.307 e. The van der Waals surface area contributed by atoms with E-state index in [-0.39, 0.29) is 41.7 Å². The fourth-order valence-corrected chi connectivity index (χ4v) is 1.69. The second-order valence-electron chi connectivity index (χ2n) is 4.04. The van der Waals surface area contributed by atoms with Gasteiger partial charge in [0.25, 0.3) is 5.91 Å². The van der Waals surface area contributed by atoms with Crippen LogP contribution in [0, 0.1) is 0 Å². The third-order valence-electron chi connectivity index (χ3n) is 2.64. The van der Waals surface area contributed by atoms with Crippen molar-refractivity contribution in [3.63, 3.8) is 0 Å². The van der Waals surface area contributed by atoms with E-state index < -0.39 is 5.91 Å². The normalized spacial score (nSPS) is 9.86. The number of aromatic hydroxyl groups is 1. The topological polar surface area (TPSA) is 94.1 Å². The summed E-state index contributed by atoms with van der Waals surface area (Å²) in [5.74, 6) is -0.621. The molecule has 0 unspecified atom stereocenters. The zero-order valence-corrected chi connectivity index (χ0v) is 12.3. The summed E-state index contributed by atoms with van der Waals surface area (Å²) in [6.07, 6.45) is 0.0822. The highest BCUT2D eigenvalue weighted by atomic mass is 16.5. The van der Waals surface area contributed by atoms with Gasteiger partial charge in [-0.1, -0.05) is 0 Å². The first-order valence-corrected chi connectivity index (χ1v) is 6.42. The Morgan fingerprint density at radius 1 is 1.24 bits per heavy atom. The Morgan fingerprint density at radius 3 is 2.52 bits per heavy atom. The number of esters is 1. The molecule has 0 saturated heterocycles. The number of hydrogen-bond acceptors (Lipinski definition) is 6. The molecule has 0 atom stereocenters. The average molecular weight is 297 g/mol. The number of methoxy groups -OCH3 is 2. The Bertz CT molecular complexity index is 514. The third kappa shape index (κ3) is 4.55. The lowest BCUT2D eigenvalue weighted by atomic mass is 10.1. The fourth-order valence-electron chi connectivity index (χ4n) is 1.69. The molecule has 0 heterocycles. The Kier molecular flexibility index (Phi) is 6.32. The van der Waals surface area contributed by atoms with Gasteiger partial charge < -0.3 is 24.6 Å². The predicted octanol–water partition coefficient (Wildman–Crippen LogP) is 1.09. The van der Waals surface area contributed by atoms with Crippen LogP contribution in [0.4, 0.5) is 0 Å². The number of phenols is 1. The van der Waals surface area contributed by atoms with Crippen molar-refractivity contribution in [2.45, 2.75) is 13.3 Å². The van der Waals surface area contributed by atoms with Crippen LogP contribution in [-0.2, 0) is 9.53 Å². The van der Waals surface area contributed by atoms with E-state index in [1.807, 2.05) is 0 Å². The Labute approximate surface area is 122 Å². The highest BCUT2D eigenvalue weighted by Gasteiger charge is 2.15. The molecule has 2 N–H and O–H groups in total. The molecule has 0 spiro atoms. The van der Waals surface area contributed by atoms with Crippen molar-refractivity contribution in [2.75, 3.05) is 27.4 Å². The molecule has 7 nitrogen and oxygen atoms in total. The van der Waals surface area contributed by atoms with E-state index in [0.29, 0.717) is 6.61 Å². The lowest BCUT2D eigenvalue weighted by Crippen LogP contribution is -2.26. The summed E-state index contributed by atoms with van der Waals surface area (Å²) >= 11 is 0. The van der Waals surface area contributed by atoms with Gasteiger partial charge in [0.15, 0.2) is 11.5 Å². The highest BCUT2D eigenvalue weighted by molar-refractivity contribution is 5.95. The number of ether oxygens (including phenoxy) is 3. The minimum atomic E-state index is -0.435. The molecule has 0 bridgehead atoms. The SMILES string of the molecule is CCOC(=O)CCNC(=O)c1cc(O)c(OC)c(OC)c1. The first-order valence-electron chi connectivity index (χ1n) is 6.42. The molecule has 7 heteroatoms. The summed E-state index contributed by atoms with van der Waals surface area (Å²) in [4.78, 5) is 23.1. The van der Waals surface area contributed by atoms with E-state index in [4.69, 9.17) is 14.2 Å². The first kappa shape index (κ1) is 16.6. The van der Waals surface area contributed by atoms with Gasteiger partial charge in [-0.05, 0) is 19.1 Å². The lowest BCUT2D eigenvalue weighted by molar-refractivity contribution is -0.142. The average Bonchev–Trinajstić information content (AvgIpc) is 2.46. The minimum absolute atomic E-state index is 0.0822. The van der Waals surface area contributed by atoms with Gasteiger partial charge in [0.2, 0.25) is 5.75 Å². The van der Waals surface area contributed by atoms with Gasteiger partial charge in [0.1, 0.15) is 0 Å². The van der Waals surface area contributed by atoms with Crippen molar-refractivity contribution < 1.29 is 28.9 Å². The molecule has 1 aromatic carbocycles. The molecule has 0 aliphatic heterocycles. The maximum absolute atomic E-state index is 11.9. The van der Waals surface area contributed by atoms with Crippen LogP contribution in [0.25, 0.3) is 0 Å². The summed E-state index contributed by atoms with van der Waals surface area (Å²) in [5, 5.41) is 12.3. The molecule has 0 aliphatic carbocycles. The van der Waals surface area contributed by atoms with E-state index >= 15 is 0 Å². The Morgan fingerprint density at radius 2 is 1.95 bits per heavy atom. The first-order chi connectivity index (χ1) is 10.0. The number of carbonyl (C=O) groups excluding carboxylic acids is 2. The number of carbonyl (C=O) groups is 2. The lowest BCUT2D eigenvalue weighted by Gasteiger charge is -2.11. The summed E-state index contributed by atoms with van der Waals surface area (Å²) < 4.78 is 14.8. The van der Waals surface area contributed by atoms with Crippen molar-refractivity contribution in [3.8, 4) is 17.2 Å². The largest absolute Gasteiger partial charge is 0.504 e. The molecule has 0 radical (unpaired) electrons. The van der Waals surface area contributed by atoms with Crippen molar-refractivity contribution >= 4 is 11.9 Å². The third-order valence-corrected chi connectivity index (χ3v) is 2.64. The Hall–Kier alpha value is -2.44. The van der Waals surface area contributed by atoms with Crippen molar-refractivity contribution in [2.24, 2.45) is 0 Å². The van der Waals surface area contributed by atoms with Crippen LogP contribution in [0.1, 0.15) is 23.7 Å². The van der Waals surface area contributed by atoms with Crippen LogP contribution in [0.2, 0.25) is 0 Å². The maximum atomic E-state index is 11.9. The van der Waals surface area contributed by atoms with E-state index in [0.717, 1.165) is 0 Å². The van der Waals surface area contributed by atoms with Crippen molar-refractivity contribution in [3.05, 3.63) is 17.7 Å². The second-order valence-corrected chi connectivity index (χ2v) is 4.04. The molecular weight excluding hydrogens is 278 g/mol. The van der Waals surface area contributed by atoms with Crippen LogP contribution in [0.15, 0.2) is 12.1 Å². The molecule has 1 aromatic rings. The van der Waals surface area contributed by atoms with Crippen LogP contribution in [-0.4, -0.2) is 44.4 Å². The number of rotatable bonds is 7. The standard InChI is InChI=1S/C14H19NO6/c1-4-21-12(17)5-6-15-14(18)9-7-10(16)13(20-3)11(8-9)19-2/h7-8,16H,4-6H2,1-3H3,(H,15,18). The van der Waals surface area contributed by atoms with E-state index in [9.17, 15) is 14.7 Å². The van der Waals surface area contributed by atoms with E-state index in [2.05, 4.69) is 5.32 Å².